The number of ether oxygens (including phenoxy) is 2. The van der Waals surface area contributed by atoms with Crippen molar-refractivity contribution < 1.29 is 18.7 Å². The van der Waals surface area contributed by atoms with E-state index < -0.39 is 0 Å². The molecule has 0 radical (unpaired) electrons. The lowest BCUT2D eigenvalue weighted by Gasteiger charge is -2.46. The number of aryl methyl sites for hydroxylation is 1. The Morgan fingerprint density at radius 2 is 1.94 bits per heavy atom. The number of nitrogens with zero attached hydrogens (tertiary/aromatic N) is 3. The van der Waals surface area contributed by atoms with Crippen LogP contribution in [0.3, 0.4) is 0 Å². The number of thioether (sulfide) groups is 1. The Bertz CT molecular complexity index is 1230. The normalized spacial score (nSPS) is 20.5. The fraction of sp³-hybridized carbons (Fsp3) is 0.462. The molecule has 178 valence electrons. The smallest absolute Gasteiger partial charge is 0.290 e. The summed E-state index contributed by atoms with van der Waals surface area (Å²) in [5.74, 6) is 3.37. The van der Waals surface area contributed by atoms with Gasteiger partial charge in [-0.25, -0.2) is 4.98 Å². The van der Waals surface area contributed by atoms with Gasteiger partial charge in [-0.15, -0.1) is 0 Å². The average molecular weight is 480 g/mol. The van der Waals surface area contributed by atoms with Crippen molar-refractivity contribution in [3.63, 3.8) is 0 Å². The van der Waals surface area contributed by atoms with Crippen molar-refractivity contribution in [2.75, 3.05) is 19.8 Å². The lowest BCUT2D eigenvalue weighted by Crippen LogP contribution is -2.48. The Morgan fingerprint density at radius 3 is 2.68 bits per heavy atom. The van der Waals surface area contributed by atoms with Crippen molar-refractivity contribution in [1.29, 1.82) is 0 Å². The van der Waals surface area contributed by atoms with Crippen molar-refractivity contribution in [2.45, 2.75) is 55.0 Å². The number of rotatable bonds is 4. The minimum absolute atomic E-state index is 0.0309. The second kappa shape index (κ2) is 8.41. The molecule has 2 aromatic heterocycles. The van der Waals surface area contributed by atoms with Crippen LogP contribution in [-0.2, 0) is 18.2 Å². The van der Waals surface area contributed by atoms with Crippen LogP contribution in [-0.4, -0.2) is 40.1 Å². The Morgan fingerprint density at radius 1 is 1.18 bits per heavy atom. The third-order valence-electron chi connectivity index (χ3n) is 7.49. The molecule has 1 unspecified atom stereocenters. The molecule has 1 spiro atoms. The molecule has 0 N–H and O–H groups in total. The summed E-state index contributed by atoms with van der Waals surface area (Å²) in [4.78, 5) is 20.0. The number of imidazole rings is 1. The summed E-state index contributed by atoms with van der Waals surface area (Å²) in [6.07, 6.45) is 8.23. The predicted octanol–water partition coefficient (Wildman–Crippen LogP) is 5.11. The van der Waals surface area contributed by atoms with Gasteiger partial charge >= 0.3 is 0 Å². The summed E-state index contributed by atoms with van der Waals surface area (Å²) >= 11 is 1.59. The van der Waals surface area contributed by atoms with Gasteiger partial charge in [0.25, 0.3) is 5.91 Å². The summed E-state index contributed by atoms with van der Waals surface area (Å²) in [5.41, 5.74) is 2.47. The highest BCUT2D eigenvalue weighted by Crippen LogP contribution is 2.52. The first-order valence-corrected chi connectivity index (χ1v) is 13.0. The van der Waals surface area contributed by atoms with Crippen molar-refractivity contribution in [1.82, 2.24) is 14.5 Å². The van der Waals surface area contributed by atoms with Gasteiger partial charge in [-0.1, -0.05) is 24.6 Å². The van der Waals surface area contributed by atoms with E-state index in [0.29, 0.717) is 31.3 Å². The number of amides is 1. The van der Waals surface area contributed by atoms with Gasteiger partial charge in [0.05, 0.1) is 11.8 Å². The molecule has 1 amide bonds. The maximum absolute atomic E-state index is 13.7. The number of carbonyl (C=O) groups excluding carboxylic acids is 1. The zero-order valence-corrected chi connectivity index (χ0v) is 20.4. The van der Waals surface area contributed by atoms with E-state index >= 15 is 0 Å². The number of furan rings is 1. The van der Waals surface area contributed by atoms with Crippen LogP contribution in [0.5, 0.6) is 11.5 Å². The molecule has 3 aromatic rings. The number of hydrogen-bond donors (Lipinski definition) is 0. The topological polar surface area (TPSA) is 69.7 Å². The van der Waals surface area contributed by atoms with E-state index in [2.05, 4.69) is 24.0 Å². The van der Waals surface area contributed by atoms with Crippen LogP contribution < -0.4 is 9.47 Å². The standard InChI is InChI=1S/C26H29N3O4S/c1-17-19-13-22-23(32-12-11-31-22)14-20(19)26(7-3-4-8-26)16-29(17)24(30)21-6-5-18(33-21)15-34-25-27-9-10-28(25)2/h5-6,9-10,13-14,17H,3-4,7-8,11-12,15-16H2,1-2H3. The molecular weight excluding hydrogens is 450 g/mol. The van der Waals surface area contributed by atoms with E-state index in [1.807, 2.05) is 34.8 Å². The van der Waals surface area contributed by atoms with Gasteiger partial charge < -0.3 is 23.4 Å². The Kier molecular flexibility index (Phi) is 5.36. The molecular formula is C26H29N3O4S. The summed E-state index contributed by atoms with van der Waals surface area (Å²) in [5, 5.41) is 0.920. The predicted molar refractivity (Wildman–Crippen MR) is 129 cm³/mol. The summed E-state index contributed by atoms with van der Waals surface area (Å²) < 4.78 is 19.8. The van der Waals surface area contributed by atoms with Crippen LogP contribution in [0.15, 0.2) is 46.2 Å². The average Bonchev–Trinajstić information content (AvgIpc) is 3.61. The van der Waals surface area contributed by atoms with Gasteiger partial charge in [-0.2, -0.15) is 0 Å². The fourth-order valence-electron chi connectivity index (χ4n) is 5.69. The molecule has 34 heavy (non-hydrogen) atoms. The van der Waals surface area contributed by atoms with Crippen LogP contribution in [0.4, 0.5) is 0 Å². The largest absolute Gasteiger partial charge is 0.486 e. The number of carbonyl (C=O) groups is 1. The van der Waals surface area contributed by atoms with Crippen LogP contribution in [0, 0.1) is 0 Å². The molecule has 1 saturated carbocycles. The zero-order chi connectivity index (χ0) is 23.3. The number of hydrogen-bond acceptors (Lipinski definition) is 6. The van der Waals surface area contributed by atoms with Crippen molar-refractivity contribution in [3.8, 4) is 11.5 Å². The van der Waals surface area contributed by atoms with E-state index in [1.165, 1.54) is 24.0 Å². The molecule has 1 aliphatic carbocycles. The van der Waals surface area contributed by atoms with Gasteiger partial charge in [0.1, 0.15) is 19.0 Å². The van der Waals surface area contributed by atoms with E-state index in [9.17, 15) is 4.79 Å². The Labute approximate surface area is 203 Å². The highest BCUT2D eigenvalue weighted by Gasteiger charge is 2.46. The molecule has 6 rings (SSSR count). The van der Waals surface area contributed by atoms with E-state index in [1.54, 1.807) is 18.0 Å². The van der Waals surface area contributed by atoms with Crippen LogP contribution in [0.1, 0.15) is 66.1 Å². The second-order valence-corrected chi connectivity index (χ2v) is 10.5. The third-order valence-corrected chi connectivity index (χ3v) is 8.57. The lowest BCUT2D eigenvalue weighted by atomic mass is 9.71. The Hall–Kier alpha value is -2.87. The Balaban J connectivity index is 1.28. The number of benzene rings is 1. The first kappa shape index (κ1) is 21.6. The van der Waals surface area contributed by atoms with Gasteiger partial charge in [0.15, 0.2) is 22.4 Å². The maximum atomic E-state index is 13.7. The van der Waals surface area contributed by atoms with Gasteiger partial charge in [-0.3, -0.25) is 4.79 Å². The number of aromatic nitrogens is 2. The SMILES string of the molecule is CC1c2cc3c(cc2C2(CCCC2)CN1C(=O)c1ccc(CSc2nccn2C)o1)OCCO3. The molecule has 3 aliphatic rings. The summed E-state index contributed by atoms with van der Waals surface area (Å²) in [6, 6.07) is 7.93. The molecule has 1 fully saturated rings. The van der Waals surface area contributed by atoms with Gasteiger partial charge in [0.2, 0.25) is 0 Å². The minimum atomic E-state index is -0.0694. The van der Waals surface area contributed by atoms with Crippen molar-refractivity contribution >= 4 is 17.7 Å². The molecule has 4 heterocycles. The van der Waals surface area contributed by atoms with E-state index in [0.717, 1.165) is 35.3 Å². The molecule has 8 heteroatoms. The minimum Gasteiger partial charge on any atom is -0.486 e. The number of fused-ring (bicyclic) bond motifs is 3. The van der Waals surface area contributed by atoms with E-state index in [-0.39, 0.29) is 17.4 Å². The molecule has 0 bridgehead atoms. The highest BCUT2D eigenvalue weighted by molar-refractivity contribution is 7.98. The van der Waals surface area contributed by atoms with E-state index in [4.69, 9.17) is 13.9 Å². The first-order chi connectivity index (χ1) is 16.5. The molecule has 0 saturated heterocycles. The van der Waals surface area contributed by atoms with Crippen LogP contribution >= 0.6 is 11.8 Å². The quantitative estimate of drug-likeness (QED) is 0.485. The molecule has 2 aliphatic heterocycles. The second-order valence-electron chi connectivity index (χ2n) is 9.55. The monoisotopic (exact) mass is 479 g/mol. The summed E-state index contributed by atoms with van der Waals surface area (Å²) in [6.45, 7) is 3.95. The van der Waals surface area contributed by atoms with Crippen molar-refractivity contribution in [3.05, 3.63) is 59.3 Å². The third kappa shape index (κ3) is 3.59. The maximum Gasteiger partial charge on any atom is 0.290 e. The summed E-state index contributed by atoms with van der Waals surface area (Å²) in [7, 11) is 1.97. The van der Waals surface area contributed by atoms with Gasteiger partial charge in [-0.05, 0) is 55.2 Å². The highest BCUT2D eigenvalue weighted by atomic mass is 32.2. The molecule has 1 aromatic carbocycles. The zero-order valence-electron chi connectivity index (χ0n) is 19.6. The lowest BCUT2D eigenvalue weighted by molar-refractivity contribution is 0.0559. The first-order valence-electron chi connectivity index (χ1n) is 12.0. The van der Waals surface area contributed by atoms with Crippen molar-refractivity contribution in [2.24, 2.45) is 7.05 Å². The van der Waals surface area contributed by atoms with Gasteiger partial charge in [0, 0.05) is 31.4 Å². The fourth-order valence-corrected chi connectivity index (χ4v) is 6.52. The molecule has 7 nitrogen and oxygen atoms in total. The molecule has 1 atom stereocenters. The van der Waals surface area contributed by atoms with Crippen LogP contribution in [0.2, 0.25) is 0 Å². The van der Waals surface area contributed by atoms with Crippen LogP contribution in [0.25, 0.3) is 0 Å².